The van der Waals surface area contributed by atoms with Gasteiger partial charge in [-0.3, -0.25) is 0 Å². The number of aliphatic hydroxyl groups excluding tert-OH is 2. The van der Waals surface area contributed by atoms with Crippen LogP contribution in [-0.2, 0) is 13.0 Å². The average molecular weight is 260 g/mol. The van der Waals surface area contributed by atoms with Crippen molar-refractivity contribution in [3.63, 3.8) is 0 Å². The summed E-state index contributed by atoms with van der Waals surface area (Å²) in [4.78, 5) is 5.56. The number of aliphatic hydroxyl groups is 2. The molecule has 1 rings (SSSR count). The van der Waals surface area contributed by atoms with Crippen LogP contribution in [0, 0.1) is 0 Å². The van der Waals surface area contributed by atoms with Gasteiger partial charge >= 0.3 is 0 Å². The Morgan fingerprint density at radius 1 is 1.33 bits per heavy atom. The van der Waals surface area contributed by atoms with E-state index in [4.69, 9.17) is 10.2 Å². The molecule has 0 saturated carbocycles. The van der Waals surface area contributed by atoms with Crippen molar-refractivity contribution < 1.29 is 19.0 Å². The molecular formula is C12H18F2N2O2. The van der Waals surface area contributed by atoms with E-state index in [1.807, 2.05) is 6.92 Å². The fourth-order valence-electron chi connectivity index (χ4n) is 1.65. The maximum atomic E-state index is 12.5. The van der Waals surface area contributed by atoms with Crippen LogP contribution < -0.4 is 4.90 Å². The van der Waals surface area contributed by atoms with Gasteiger partial charge in [0.15, 0.2) is 0 Å². The monoisotopic (exact) mass is 260 g/mol. The number of aromatic nitrogens is 1. The lowest BCUT2D eigenvalue weighted by Crippen LogP contribution is -2.32. The normalized spacial score (nSPS) is 11.0. The second kappa shape index (κ2) is 7.23. The van der Waals surface area contributed by atoms with Gasteiger partial charge in [-0.05, 0) is 24.1 Å². The van der Waals surface area contributed by atoms with Crippen LogP contribution in [0.4, 0.5) is 14.6 Å². The standard InChI is InChI=1S/C12H18F2N2O2/c1-2-10-5-9(8-18)6-12(15-10)16(3-4-17)7-11(13)14/h5-6,11,17-18H,2-4,7-8H2,1H3. The zero-order valence-electron chi connectivity index (χ0n) is 10.3. The number of pyridine rings is 1. The topological polar surface area (TPSA) is 56.6 Å². The molecule has 0 amide bonds. The molecule has 0 saturated heterocycles. The molecule has 0 spiro atoms. The molecule has 0 aromatic carbocycles. The SMILES string of the molecule is CCc1cc(CO)cc(N(CCO)CC(F)F)n1. The Kier molecular flexibility index (Phi) is 5.94. The largest absolute Gasteiger partial charge is 0.395 e. The smallest absolute Gasteiger partial charge is 0.255 e. The number of alkyl halides is 2. The summed E-state index contributed by atoms with van der Waals surface area (Å²) in [7, 11) is 0. The minimum Gasteiger partial charge on any atom is -0.395 e. The summed E-state index contributed by atoms with van der Waals surface area (Å²) in [5.41, 5.74) is 1.36. The number of aryl methyl sites for hydroxylation is 1. The average Bonchev–Trinajstić information content (AvgIpc) is 2.37. The fraction of sp³-hybridized carbons (Fsp3) is 0.583. The van der Waals surface area contributed by atoms with Crippen LogP contribution in [0.1, 0.15) is 18.2 Å². The Labute approximate surface area is 105 Å². The number of hydrogen-bond acceptors (Lipinski definition) is 4. The van der Waals surface area contributed by atoms with Gasteiger partial charge in [0.05, 0.1) is 19.8 Å². The van der Waals surface area contributed by atoms with Gasteiger partial charge in [-0.2, -0.15) is 0 Å². The molecule has 0 unspecified atom stereocenters. The maximum absolute atomic E-state index is 12.5. The lowest BCUT2D eigenvalue weighted by molar-refractivity contribution is 0.152. The van der Waals surface area contributed by atoms with Crippen molar-refractivity contribution in [2.45, 2.75) is 26.4 Å². The lowest BCUT2D eigenvalue weighted by atomic mass is 10.2. The van der Waals surface area contributed by atoms with Crippen LogP contribution in [-0.4, -0.2) is 41.3 Å². The van der Waals surface area contributed by atoms with Crippen LogP contribution in [0.15, 0.2) is 12.1 Å². The van der Waals surface area contributed by atoms with E-state index in [2.05, 4.69) is 4.98 Å². The number of nitrogens with zero attached hydrogens (tertiary/aromatic N) is 2. The van der Waals surface area contributed by atoms with Gasteiger partial charge in [-0.25, -0.2) is 13.8 Å². The Balaban J connectivity index is 3.01. The van der Waals surface area contributed by atoms with Crippen LogP contribution in [0.3, 0.4) is 0 Å². The number of halogens is 2. The van der Waals surface area contributed by atoms with E-state index in [1.54, 1.807) is 12.1 Å². The molecule has 0 bridgehead atoms. The molecule has 102 valence electrons. The predicted molar refractivity (Wildman–Crippen MR) is 64.8 cm³/mol. The molecule has 18 heavy (non-hydrogen) atoms. The predicted octanol–water partition coefficient (Wildman–Crippen LogP) is 1.20. The molecule has 0 atom stereocenters. The number of rotatable bonds is 7. The summed E-state index contributed by atoms with van der Waals surface area (Å²) in [6, 6.07) is 3.31. The molecule has 6 heteroatoms. The van der Waals surface area contributed by atoms with Crippen molar-refractivity contribution in [3.8, 4) is 0 Å². The van der Waals surface area contributed by atoms with Gasteiger partial charge in [-0.15, -0.1) is 0 Å². The van der Waals surface area contributed by atoms with Crippen molar-refractivity contribution in [2.75, 3.05) is 24.6 Å². The molecule has 1 heterocycles. The quantitative estimate of drug-likeness (QED) is 0.773. The first-order valence-corrected chi connectivity index (χ1v) is 5.85. The molecule has 0 aliphatic heterocycles. The third kappa shape index (κ3) is 4.19. The summed E-state index contributed by atoms with van der Waals surface area (Å²) in [5.74, 6) is 0.368. The first kappa shape index (κ1) is 14.8. The third-order valence-corrected chi connectivity index (χ3v) is 2.52. The van der Waals surface area contributed by atoms with E-state index in [-0.39, 0.29) is 19.8 Å². The van der Waals surface area contributed by atoms with E-state index >= 15 is 0 Å². The highest BCUT2D eigenvalue weighted by Gasteiger charge is 2.14. The Morgan fingerprint density at radius 3 is 2.56 bits per heavy atom. The van der Waals surface area contributed by atoms with Gasteiger partial charge < -0.3 is 15.1 Å². The van der Waals surface area contributed by atoms with E-state index in [1.165, 1.54) is 4.90 Å². The zero-order chi connectivity index (χ0) is 13.5. The molecular weight excluding hydrogens is 242 g/mol. The van der Waals surface area contributed by atoms with Crippen molar-refractivity contribution in [1.29, 1.82) is 0 Å². The van der Waals surface area contributed by atoms with E-state index in [9.17, 15) is 8.78 Å². The zero-order valence-corrected chi connectivity index (χ0v) is 10.3. The van der Waals surface area contributed by atoms with Gasteiger partial charge in [0.2, 0.25) is 0 Å². The minimum atomic E-state index is -2.50. The lowest BCUT2D eigenvalue weighted by Gasteiger charge is -2.23. The second-order valence-corrected chi connectivity index (χ2v) is 3.90. The van der Waals surface area contributed by atoms with Gasteiger partial charge in [0.25, 0.3) is 6.43 Å². The highest BCUT2D eigenvalue weighted by molar-refractivity contribution is 5.42. The van der Waals surface area contributed by atoms with E-state index in [0.717, 1.165) is 5.69 Å². The van der Waals surface area contributed by atoms with E-state index in [0.29, 0.717) is 17.8 Å². The van der Waals surface area contributed by atoms with Gasteiger partial charge in [0.1, 0.15) is 5.82 Å². The highest BCUT2D eigenvalue weighted by Crippen LogP contribution is 2.17. The van der Waals surface area contributed by atoms with Crippen molar-refractivity contribution >= 4 is 5.82 Å². The first-order valence-electron chi connectivity index (χ1n) is 5.85. The summed E-state index contributed by atoms with van der Waals surface area (Å²) in [6.07, 6.45) is -1.84. The molecule has 0 aliphatic carbocycles. The molecule has 0 fully saturated rings. The Hall–Kier alpha value is -1.27. The van der Waals surface area contributed by atoms with Crippen LogP contribution >= 0.6 is 0 Å². The summed E-state index contributed by atoms with van der Waals surface area (Å²) in [6.45, 7) is 1.13. The third-order valence-electron chi connectivity index (χ3n) is 2.52. The molecule has 0 radical (unpaired) electrons. The maximum Gasteiger partial charge on any atom is 0.255 e. The summed E-state index contributed by atoms with van der Waals surface area (Å²) < 4.78 is 24.9. The second-order valence-electron chi connectivity index (χ2n) is 3.90. The summed E-state index contributed by atoms with van der Waals surface area (Å²) in [5, 5.41) is 18.0. The Morgan fingerprint density at radius 2 is 2.06 bits per heavy atom. The van der Waals surface area contributed by atoms with E-state index < -0.39 is 13.0 Å². The fourth-order valence-corrected chi connectivity index (χ4v) is 1.65. The van der Waals surface area contributed by atoms with Crippen molar-refractivity contribution in [3.05, 3.63) is 23.4 Å². The molecule has 1 aromatic rings. The molecule has 1 aromatic heterocycles. The molecule has 4 nitrogen and oxygen atoms in total. The molecule has 0 aliphatic rings. The first-order chi connectivity index (χ1) is 8.60. The van der Waals surface area contributed by atoms with Gasteiger partial charge in [0, 0.05) is 12.2 Å². The van der Waals surface area contributed by atoms with Crippen molar-refractivity contribution in [2.24, 2.45) is 0 Å². The van der Waals surface area contributed by atoms with Gasteiger partial charge in [-0.1, -0.05) is 6.92 Å². The van der Waals surface area contributed by atoms with Crippen LogP contribution in [0.5, 0.6) is 0 Å². The number of anilines is 1. The minimum absolute atomic E-state index is 0.0926. The molecule has 2 N–H and O–H groups in total. The number of hydrogen-bond donors (Lipinski definition) is 2. The van der Waals surface area contributed by atoms with Crippen molar-refractivity contribution in [1.82, 2.24) is 4.98 Å². The Bertz CT molecular complexity index is 353. The highest BCUT2D eigenvalue weighted by atomic mass is 19.3. The van der Waals surface area contributed by atoms with Crippen LogP contribution in [0.2, 0.25) is 0 Å². The summed E-state index contributed by atoms with van der Waals surface area (Å²) >= 11 is 0. The van der Waals surface area contributed by atoms with Crippen LogP contribution in [0.25, 0.3) is 0 Å².